The van der Waals surface area contributed by atoms with Crippen LogP contribution < -0.4 is 14.5 Å². The molecule has 2 aromatic heterocycles. The number of hydrogen-bond donors (Lipinski definition) is 1. The normalized spacial score (nSPS) is 11.5. The van der Waals surface area contributed by atoms with Gasteiger partial charge in [-0.2, -0.15) is 4.98 Å². The topological polar surface area (TPSA) is 64.1 Å². The van der Waals surface area contributed by atoms with Gasteiger partial charge in [-0.15, -0.1) is 0 Å². The minimum atomic E-state index is -0.267. The molecule has 1 aromatic carbocycles. The average Bonchev–Trinajstić information content (AvgIpc) is 2.95. The van der Waals surface area contributed by atoms with Crippen molar-refractivity contribution in [3.05, 3.63) is 42.1 Å². The number of aromatic nitrogens is 2. The van der Waals surface area contributed by atoms with Crippen molar-refractivity contribution in [1.82, 2.24) is 14.5 Å². The molecule has 0 spiro atoms. The lowest BCUT2D eigenvalue weighted by Gasteiger charge is -2.21. The van der Waals surface area contributed by atoms with Crippen molar-refractivity contribution in [1.29, 1.82) is 0 Å². The minimum Gasteiger partial charge on any atom is -0.497 e. The molecule has 3 aromatic rings. The Morgan fingerprint density at radius 3 is 2.67 bits per heavy atom. The maximum Gasteiger partial charge on any atom is 0.276 e. The highest BCUT2D eigenvalue weighted by Gasteiger charge is 2.17. The summed E-state index contributed by atoms with van der Waals surface area (Å²) in [6.07, 6.45) is 0. The summed E-state index contributed by atoms with van der Waals surface area (Å²) in [5.74, 6) is 1.31. The number of hydrogen-bond acceptors (Lipinski definition) is 5. The predicted molar refractivity (Wildman–Crippen MR) is 97.9 cm³/mol. The van der Waals surface area contributed by atoms with E-state index in [-0.39, 0.29) is 5.91 Å². The molecule has 0 aliphatic heterocycles. The number of pyridine rings is 1. The second kappa shape index (κ2) is 6.18. The second-order valence-electron chi connectivity index (χ2n) is 6.20. The molecule has 2 heterocycles. The second-order valence-corrected chi connectivity index (χ2v) is 7.23. The number of nitrogens with zero attached hydrogens (tertiary/aromatic N) is 3. The van der Waals surface area contributed by atoms with Crippen molar-refractivity contribution < 1.29 is 9.53 Å². The average molecular weight is 343 g/mol. The maximum absolute atomic E-state index is 12.5. The van der Waals surface area contributed by atoms with Crippen molar-refractivity contribution >= 4 is 38.4 Å². The molecule has 0 fully saturated rings. The molecule has 24 heavy (non-hydrogen) atoms. The number of quaternary nitrogens is 1. The number of anilines is 1. The lowest BCUT2D eigenvalue weighted by atomic mass is 10.3. The van der Waals surface area contributed by atoms with Gasteiger partial charge < -0.3 is 4.74 Å². The molecule has 3 rings (SSSR count). The van der Waals surface area contributed by atoms with Crippen LogP contribution in [0.15, 0.2) is 36.4 Å². The number of methoxy groups -OCH3 is 1. The number of ether oxygens (including phenoxy) is 1. The van der Waals surface area contributed by atoms with Gasteiger partial charge in [0.1, 0.15) is 11.4 Å². The number of rotatable bonds is 4. The number of amides is 1. The molecule has 0 saturated heterocycles. The first-order valence-corrected chi connectivity index (χ1v) is 8.23. The van der Waals surface area contributed by atoms with Crippen molar-refractivity contribution in [3.8, 4) is 5.75 Å². The molecular formula is C17H19N4O2S+. The lowest BCUT2D eigenvalue weighted by Crippen LogP contribution is -2.36. The summed E-state index contributed by atoms with van der Waals surface area (Å²) in [6, 6.07) is 11.1. The van der Waals surface area contributed by atoms with Crippen LogP contribution in [0, 0.1) is 0 Å². The van der Waals surface area contributed by atoms with Crippen LogP contribution in [0.3, 0.4) is 0 Å². The van der Waals surface area contributed by atoms with Crippen LogP contribution in [-0.2, 0) is 0 Å². The Hall–Kier alpha value is -2.51. The molecule has 7 heteroatoms. The van der Waals surface area contributed by atoms with Gasteiger partial charge in [-0.05, 0) is 24.3 Å². The van der Waals surface area contributed by atoms with Gasteiger partial charge >= 0.3 is 0 Å². The Bertz CT molecular complexity index is 899. The van der Waals surface area contributed by atoms with Crippen molar-refractivity contribution in [2.24, 2.45) is 0 Å². The van der Waals surface area contributed by atoms with Gasteiger partial charge in [-0.3, -0.25) is 14.6 Å². The highest BCUT2D eigenvalue weighted by atomic mass is 32.1. The molecule has 0 bridgehead atoms. The highest BCUT2D eigenvalue weighted by Crippen LogP contribution is 2.29. The predicted octanol–water partition coefficient (Wildman–Crippen LogP) is 3.15. The first-order chi connectivity index (χ1) is 11.4. The zero-order valence-corrected chi connectivity index (χ0v) is 14.8. The third-order valence-electron chi connectivity index (χ3n) is 3.47. The zero-order chi connectivity index (χ0) is 17.3. The number of carbonyl (C=O) groups is 1. The van der Waals surface area contributed by atoms with E-state index in [1.54, 1.807) is 13.2 Å². The third kappa shape index (κ3) is 3.37. The summed E-state index contributed by atoms with van der Waals surface area (Å²) in [4.78, 5) is 21.3. The molecule has 124 valence electrons. The van der Waals surface area contributed by atoms with Crippen molar-refractivity contribution in [3.63, 3.8) is 0 Å². The van der Waals surface area contributed by atoms with Crippen LogP contribution >= 0.6 is 11.3 Å². The van der Waals surface area contributed by atoms with Gasteiger partial charge in [0.25, 0.3) is 5.91 Å². The quantitative estimate of drug-likeness (QED) is 0.739. The van der Waals surface area contributed by atoms with Crippen LogP contribution in [0.1, 0.15) is 10.5 Å². The number of fused-ring (bicyclic) bond motifs is 1. The van der Waals surface area contributed by atoms with E-state index in [0.717, 1.165) is 21.8 Å². The summed E-state index contributed by atoms with van der Waals surface area (Å²) >= 11 is 1.40. The fourth-order valence-corrected chi connectivity index (χ4v) is 3.06. The van der Waals surface area contributed by atoms with E-state index < -0.39 is 0 Å². The first-order valence-electron chi connectivity index (χ1n) is 7.42. The van der Waals surface area contributed by atoms with E-state index >= 15 is 0 Å². The van der Waals surface area contributed by atoms with Gasteiger partial charge in [0.05, 0.1) is 38.5 Å². The SMILES string of the molecule is COc1ccc2nc(NC(=O)c3cccc([N+](C)(C)C)n3)sc2c1. The number of nitrogens with one attached hydrogen (secondary N) is 1. The molecule has 0 atom stereocenters. The summed E-state index contributed by atoms with van der Waals surface area (Å²) in [5.41, 5.74) is 1.20. The standard InChI is InChI=1S/C17H18N4O2S/c1-21(2,3)15-7-5-6-13(18-15)16(22)20-17-19-12-9-8-11(23-4)10-14(12)24-17/h5-10H,1-4H3/p+1. The van der Waals surface area contributed by atoms with E-state index in [4.69, 9.17) is 4.74 Å². The highest BCUT2D eigenvalue weighted by molar-refractivity contribution is 7.22. The molecule has 1 N–H and O–H groups in total. The smallest absolute Gasteiger partial charge is 0.276 e. The van der Waals surface area contributed by atoms with E-state index in [1.165, 1.54) is 11.3 Å². The van der Waals surface area contributed by atoms with Gasteiger partial charge in [0, 0.05) is 6.07 Å². The zero-order valence-electron chi connectivity index (χ0n) is 14.0. The van der Waals surface area contributed by atoms with E-state index in [0.29, 0.717) is 15.3 Å². The Balaban J connectivity index is 1.84. The van der Waals surface area contributed by atoms with Crippen molar-refractivity contribution in [2.45, 2.75) is 0 Å². The van der Waals surface area contributed by atoms with Crippen LogP contribution in [0.25, 0.3) is 10.2 Å². The lowest BCUT2D eigenvalue weighted by molar-refractivity contribution is 0.102. The fourth-order valence-electron chi connectivity index (χ4n) is 2.17. The molecule has 1 amide bonds. The summed E-state index contributed by atoms with van der Waals surface area (Å²) < 4.78 is 6.71. The molecule has 0 unspecified atom stereocenters. The van der Waals surface area contributed by atoms with Gasteiger partial charge in [0.15, 0.2) is 5.13 Å². The van der Waals surface area contributed by atoms with Gasteiger partial charge in [0.2, 0.25) is 5.82 Å². The minimum absolute atomic E-state index is 0.267. The molecule has 0 aliphatic carbocycles. The molecule has 0 radical (unpaired) electrons. The summed E-state index contributed by atoms with van der Waals surface area (Å²) in [7, 11) is 7.64. The Labute approximate surface area is 144 Å². The van der Waals surface area contributed by atoms with Crippen LogP contribution in [0.4, 0.5) is 10.9 Å². The largest absolute Gasteiger partial charge is 0.497 e. The molecular weight excluding hydrogens is 324 g/mol. The molecule has 6 nitrogen and oxygen atoms in total. The molecule has 0 saturated carbocycles. The fraction of sp³-hybridized carbons (Fsp3) is 0.235. The van der Waals surface area contributed by atoms with Crippen LogP contribution in [-0.4, -0.2) is 44.1 Å². The third-order valence-corrected chi connectivity index (χ3v) is 4.40. The maximum atomic E-state index is 12.5. The number of benzene rings is 1. The van der Waals surface area contributed by atoms with E-state index in [2.05, 4.69) is 15.3 Å². The monoisotopic (exact) mass is 343 g/mol. The summed E-state index contributed by atoms with van der Waals surface area (Å²) in [6.45, 7) is 0. The molecule has 0 aliphatic rings. The Kier molecular flexibility index (Phi) is 4.21. The number of carbonyl (C=O) groups excluding carboxylic acids is 1. The van der Waals surface area contributed by atoms with Gasteiger partial charge in [-0.25, -0.2) is 4.98 Å². The van der Waals surface area contributed by atoms with E-state index in [9.17, 15) is 4.79 Å². The van der Waals surface area contributed by atoms with Crippen molar-refractivity contribution in [2.75, 3.05) is 33.6 Å². The Morgan fingerprint density at radius 1 is 1.17 bits per heavy atom. The van der Waals surface area contributed by atoms with E-state index in [1.807, 2.05) is 51.5 Å². The van der Waals surface area contributed by atoms with Crippen LogP contribution in [0.2, 0.25) is 0 Å². The van der Waals surface area contributed by atoms with Gasteiger partial charge in [-0.1, -0.05) is 17.4 Å². The number of thiazole rings is 1. The van der Waals surface area contributed by atoms with Crippen LogP contribution in [0.5, 0.6) is 5.75 Å². The Morgan fingerprint density at radius 2 is 1.96 bits per heavy atom. The first kappa shape index (κ1) is 16.4. The summed E-state index contributed by atoms with van der Waals surface area (Å²) in [5, 5.41) is 3.36.